The SMILES string of the molecule is CCNC(=NCC1(C(=O)N(C)C)CCCC1)NCC(O)c1ccc(OC(F)F)cc1.I. The Bertz CT molecular complexity index is 711. The molecule has 0 radical (unpaired) electrons. The van der Waals surface area contributed by atoms with E-state index in [4.69, 9.17) is 0 Å². The Labute approximate surface area is 199 Å². The van der Waals surface area contributed by atoms with Crippen molar-refractivity contribution in [1.82, 2.24) is 15.5 Å². The third-order valence-corrected chi connectivity index (χ3v) is 5.26. The number of halogens is 3. The van der Waals surface area contributed by atoms with Crippen molar-refractivity contribution in [3.8, 4) is 5.75 Å². The minimum absolute atomic E-state index is 0. The maximum absolute atomic E-state index is 12.7. The highest BCUT2D eigenvalue weighted by molar-refractivity contribution is 14.0. The van der Waals surface area contributed by atoms with Gasteiger partial charge in [-0.3, -0.25) is 9.79 Å². The van der Waals surface area contributed by atoms with Gasteiger partial charge in [-0.1, -0.05) is 25.0 Å². The van der Waals surface area contributed by atoms with Crippen LogP contribution in [0.25, 0.3) is 0 Å². The predicted octanol–water partition coefficient (Wildman–Crippen LogP) is 3.14. The van der Waals surface area contributed by atoms with Gasteiger partial charge in [0.05, 0.1) is 18.1 Å². The van der Waals surface area contributed by atoms with E-state index in [0.717, 1.165) is 25.7 Å². The third kappa shape index (κ3) is 8.06. The van der Waals surface area contributed by atoms with Gasteiger partial charge in [0.2, 0.25) is 5.91 Å². The lowest BCUT2D eigenvalue weighted by Gasteiger charge is -2.29. The van der Waals surface area contributed by atoms with E-state index in [1.807, 2.05) is 6.92 Å². The fourth-order valence-electron chi connectivity index (χ4n) is 3.72. The van der Waals surface area contributed by atoms with Gasteiger partial charge in [0.1, 0.15) is 5.75 Å². The fourth-order valence-corrected chi connectivity index (χ4v) is 3.72. The summed E-state index contributed by atoms with van der Waals surface area (Å²) in [5.74, 6) is 0.661. The number of carbonyl (C=O) groups excluding carboxylic acids is 1. The van der Waals surface area contributed by atoms with Crippen LogP contribution >= 0.6 is 24.0 Å². The Morgan fingerprint density at radius 3 is 2.35 bits per heavy atom. The Morgan fingerprint density at radius 2 is 1.84 bits per heavy atom. The quantitative estimate of drug-likeness (QED) is 0.248. The molecule has 1 aliphatic rings. The maximum Gasteiger partial charge on any atom is 0.387 e. The van der Waals surface area contributed by atoms with Gasteiger partial charge in [-0.05, 0) is 37.5 Å². The standard InChI is InChI=1S/C21H32F2N4O3.HI/c1-4-24-20(26-14-21(11-5-6-12-21)18(29)27(2)3)25-13-17(28)15-7-9-16(10-8-15)30-19(22)23;/h7-10,17,19,28H,4-6,11-14H2,1-3H3,(H2,24,25,26);1H. The van der Waals surface area contributed by atoms with E-state index >= 15 is 0 Å². The summed E-state index contributed by atoms with van der Waals surface area (Å²) >= 11 is 0. The summed E-state index contributed by atoms with van der Waals surface area (Å²) in [7, 11) is 3.53. The van der Waals surface area contributed by atoms with Gasteiger partial charge in [-0.15, -0.1) is 24.0 Å². The second-order valence-electron chi connectivity index (χ2n) is 7.73. The zero-order chi connectivity index (χ0) is 22.1. The van der Waals surface area contributed by atoms with Crippen LogP contribution < -0.4 is 15.4 Å². The average molecular weight is 554 g/mol. The molecule has 3 N–H and O–H groups in total. The van der Waals surface area contributed by atoms with Gasteiger partial charge >= 0.3 is 6.61 Å². The number of nitrogens with zero attached hydrogens (tertiary/aromatic N) is 2. The Hall–Kier alpha value is -1.69. The normalized spacial score (nSPS) is 16.4. The summed E-state index contributed by atoms with van der Waals surface area (Å²) in [4.78, 5) is 18.9. The van der Waals surface area contributed by atoms with Crippen LogP contribution in [0.4, 0.5) is 8.78 Å². The Morgan fingerprint density at radius 1 is 1.23 bits per heavy atom. The molecule has 0 spiro atoms. The number of ether oxygens (including phenoxy) is 1. The molecule has 1 aromatic carbocycles. The molecule has 0 saturated heterocycles. The van der Waals surface area contributed by atoms with Gasteiger partial charge in [0, 0.05) is 27.2 Å². The number of benzene rings is 1. The number of carbonyl (C=O) groups is 1. The molecule has 0 aliphatic heterocycles. The molecular formula is C21H33F2IN4O3. The molecule has 1 unspecified atom stereocenters. The van der Waals surface area contributed by atoms with E-state index in [9.17, 15) is 18.7 Å². The highest BCUT2D eigenvalue weighted by atomic mass is 127. The van der Waals surface area contributed by atoms with E-state index in [1.54, 1.807) is 19.0 Å². The van der Waals surface area contributed by atoms with Crippen molar-refractivity contribution in [2.45, 2.75) is 45.3 Å². The van der Waals surface area contributed by atoms with Crippen LogP contribution in [0.5, 0.6) is 5.75 Å². The maximum atomic E-state index is 12.7. The topological polar surface area (TPSA) is 86.2 Å². The van der Waals surface area contributed by atoms with Gasteiger partial charge < -0.3 is 25.4 Å². The second-order valence-corrected chi connectivity index (χ2v) is 7.73. The van der Waals surface area contributed by atoms with Gasteiger partial charge in [0.25, 0.3) is 0 Å². The van der Waals surface area contributed by atoms with E-state index in [2.05, 4.69) is 20.4 Å². The number of amides is 1. The molecule has 1 amide bonds. The van der Waals surface area contributed by atoms with Crippen molar-refractivity contribution in [2.75, 3.05) is 33.7 Å². The summed E-state index contributed by atoms with van der Waals surface area (Å²) in [6.45, 7) is 0.246. The zero-order valence-corrected chi connectivity index (χ0v) is 20.6. The summed E-state index contributed by atoms with van der Waals surface area (Å²) in [6.07, 6.45) is 2.82. The summed E-state index contributed by atoms with van der Waals surface area (Å²) in [6, 6.07) is 5.86. The van der Waals surface area contributed by atoms with Crippen LogP contribution in [0.2, 0.25) is 0 Å². The summed E-state index contributed by atoms with van der Waals surface area (Å²) in [5, 5.41) is 16.6. The van der Waals surface area contributed by atoms with Crippen molar-refractivity contribution in [3.05, 3.63) is 29.8 Å². The van der Waals surface area contributed by atoms with Crippen LogP contribution in [0, 0.1) is 5.41 Å². The van der Waals surface area contributed by atoms with Crippen LogP contribution in [-0.4, -0.2) is 62.2 Å². The number of hydrogen-bond acceptors (Lipinski definition) is 4. The molecule has 176 valence electrons. The monoisotopic (exact) mass is 554 g/mol. The average Bonchev–Trinajstić information content (AvgIpc) is 3.19. The van der Waals surface area contributed by atoms with Gasteiger partial charge in [-0.25, -0.2) is 0 Å². The molecule has 10 heteroatoms. The van der Waals surface area contributed by atoms with E-state index in [-0.39, 0.29) is 42.2 Å². The van der Waals surface area contributed by atoms with E-state index in [0.29, 0.717) is 24.6 Å². The van der Waals surface area contributed by atoms with Crippen LogP contribution in [-0.2, 0) is 4.79 Å². The van der Waals surface area contributed by atoms with E-state index < -0.39 is 18.1 Å². The number of alkyl halides is 2. The molecular weight excluding hydrogens is 521 g/mol. The molecule has 7 nitrogen and oxygen atoms in total. The largest absolute Gasteiger partial charge is 0.435 e. The van der Waals surface area contributed by atoms with Crippen molar-refractivity contribution in [2.24, 2.45) is 10.4 Å². The van der Waals surface area contributed by atoms with Crippen molar-refractivity contribution in [1.29, 1.82) is 0 Å². The van der Waals surface area contributed by atoms with Crippen LogP contribution in [0.3, 0.4) is 0 Å². The first kappa shape index (κ1) is 27.3. The van der Waals surface area contributed by atoms with Gasteiger partial charge in [0.15, 0.2) is 5.96 Å². The molecule has 1 aromatic rings. The number of rotatable bonds is 9. The molecule has 2 rings (SSSR count). The number of aliphatic hydroxyl groups excluding tert-OH is 1. The van der Waals surface area contributed by atoms with Crippen LogP contribution in [0.15, 0.2) is 29.3 Å². The summed E-state index contributed by atoms with van der Waals surface area (Å²) < 4.78 is 28.8. The highest BCUT2D eigenvalue weighted by Crippen LogP contribution is 2.39. The molecule has 31 heavy (non-hydrogen) atoms. The van der Waals surface area contributed by atoms with Gasteiger partial charge in [-0.2, -0.15) is 8.78 Å². The first-order valence-corrected chi connectivity index (χ1v) is 10.2. The first-order valence-electron chi connectivity index (χ1n) is 10.2. The number of hydrogen-bond donors (Lipinski definition) is 3. The zero-order valence-electron chi connectivity index (χ0n) is 18.2. The number of aliphatic imine (C=N–C) groups is 1. The predicted molar refractivity (Wildman–Crippen MR) is 127 cm³/mol. The molecule has 0 bridgehead atoms. The van der Waals surface area contributed by atoms with E-state index in [1.165, 1.54) is 24.3 Å². The third-order valence-electron chi connectivity index (χ3n) is 5.26. The number of guanidine groups is 1. The molecule has 1 fully saturated rings. The molecule has 1 aliphatic carbocycles. The number of aliphatic hydroxyl groups is 1. The summed E-state index contributed by atoms with van der Waals surface area (Å²) in [5.41, 5.74) is 0.0976. The lowest BCUT2D eigenvalue weighted by atomic mass is 9.85. The van der Waals surface area contributed by atoms with Crippen molar-refractivity contribution >= 4 is 35.8 Å². The van der Waals surface area contributed by atoms with Crippen molar-refractivity contribution in [3.63, 3.8) is 0 Å². The molecule has 0 heterocycles. The molecule has 1 atom stereocenters. The lowest BCUT2D eigenvalue weighted by Crippen LogP contribution is -2.43. The Balaban J connectivity index is 0.00000480. The Kier molecular flexibility index (Phi) is 11.5. The first-order chi connectivity index (χ1) is 14.3. The number of nitrogens with one attached hydrogen (secondary N) is 2. The van der Waals surface area contributed by atoms with Crippen LogP contribution in [0.1, 0.15) is 44.3 Å². The second kappa shape index (κ2) is 13.0. The minimum Gasteiger partial charge on any atom is -0.435 e. The highest BCUT2D eigenvalue weighted by Gasteiger charge is 2.42. The molecule has 1 saturated carbocycles. The minimum atomic E-state index is -2.89. The smallest absolute Gasteiger partial charge is 0.387 e. The lowest BCUT2D eigenvalue weighted by molar-refractivity contribution is -0.138. The molecule has 0 aromatic heterocycles. The van der Waals surface area contributed by atoms with Crippen molar-refractivity contribution < 1.29 is 23.4 Å². The fraction of sp³-hybridized carbons (Fsp3) is 0.619.